The smallest absolute Gasteiger partial charge is 0.251 e. The van der Waals surface area contributed by atoms with E-state index in [1.807, 2.05) is 64.7 Å². The van der Waals surface area contributed by atoms with Crippen LogP contribution in [-0.4, -0.2) is 19.2 Å². The highest BCUT2D eigenvalue weighted by molar-refractivity contribution is 7.16. The number of imidazole rings is 1. The van der Waals surface area contributed by atoms with Gasteiger partial charge in [-0.05, 0) is 71.8 Å². The quantitative estimate of drug-likeness (QED) is 0.271. The fourth-order valence-corrected chi connectivity index (χ4v) is 6.24. The van der Waals surface area contributed by atoms with Gasteiger partial charge < -0.3 is 14.2 Å². The molecule has 6 rings (SSSR count). The minimum atomic E-state index is -1.49. The predicted octanol–water partition coefficient (Wildman–Crippen LogP) is 6.46. The van der Waals surface area contributed by atoms with Crippen molar-refractivity contribution in [2.45, 2.75) is 25.0 Å². The summed E-state index contributed by atoms with van der Waals surface area (Å²) >= 11 is 13.9. The molecule has 1 aliphatic rings. The second-order valence-corrected chi connectivity index (χ2v) is 11.5. The lowest BCUT2D eigenvalue weighted by molar-refractivity contribution is 0.121. The van der Waals surface area contributed by atoms with Crippen LogP contribution in [0.5, 0.6) is 0 Å². The minimum Gasteiger partial charge on any atom is -0.374 e. The number of aryl methyl sites for hydroxylation is 1. The van der Waals surface area contributed by atoms with Gasteiger partial charge in [0.25, 0.3) is 5.56 Å². The van der Waals surface area contributed by atoms with E-state index >= 15 is 0 Å². The summed E-state index contributed by atoms with van der Waals surface area (Å²) in [5, 5.41) is 13.8. The van der Waals surface area contributed by atoms with Crippen molar-refractivity contribution in [3.8, 4) is 11.1 Å². The molecule has 1 unspecified atom stereocenters. The molecule has 8 heteroatoms. The second kappa shape index (κ2) is 8.89. The Morgan fingerprint density at radius 1 is 1.11 bits per heavy atom. The van der Waals surface area contributed by atoms with Crippen molar-refractivity contribution in [2.75, 3.05) is 0 Å². The first-order valence-corrected chi connectivity index (χ1v) is 13.3. The number of pyridine rings is 1. The van der Waals surface area contributed by atoms with E-state index in [1.165, 1.54) is 11.3 Å². The van der Waals surface area contributed by atoms with Crippen molar-refractivity contribution in [2.24, 2.45) is 13.0 Å². The van der Waals surface area contributed by atoms with Gasteiger partial charge in [0.2, 0.25) is 0 Å². The van der Waals surface area contributed by atoms with Gasteiger partial charge in [-0.25, -0.2) is 4.98 Å². The molecule has 0 spiro atoms. The van der Waals surface area contributed by atoms with Crippen molar-refractivity contribution < 1.29 is 5.11 Å². The van der Waals surface area contributed by atoms with Crippen LogP contribution in [0, 0.1) is 5.92 Å². The van der Waals surface area contributed by atoms with Crippen molar-refractivity contribution >= 4 is 45.4 Å². The molecule has 5 nitrogen and oxygen atoms in total. The fourth-order valence-electron chi connectivity index (χ4n) is 4.88. The zero-order valence-corrected chi connectivity index (χ0v) is 21.8. The highest BCUT2D eigenvalue weighted by Gasteiger charge is 2.38. The second-order valence-electron chi connectivity index (χ2n) is 9.40. The average molecular weight is 536 g/mol. The molecular weight excluding hydrogens is 513 g/mol. The van der Waals surface area contributed by atoms with Gasteiger partial charge in [-0.15, -0.1) is 11.3 Å². The fraction of sp³-hybridized carbons (Fsp3) is 0.214. The Kier molecular flexibility index (Phi) is 5.80. The van der Waals surface area contributed by atoms with Crippen molar-refractivity contribution in [3.05, 3.63) is 109 Å². The first kappa shape index (κ1) is 23.5. The Hall–Kier alpha value is -2.90. The molecule has 182 valence electrons. The molecule has 0 radical (unpaired) electrons. The summed E-state index contributed by atoms with van der Waals surface area (Å²) in [4.78, 5) is 18.2. The molecule has 0 bridgehead atoms. The maximum absolute atomic E-state index is 13.3. The van der Waals surface area contributed by atoms with Crippen LogP contribution < -0.4 is 5.56 Å². The van der Waals surface area contributed by atoms with E-state index in [2.05, 4.69) is 4.98 Å². The van der Waals surface area contributed by atoms with Crippen molar-refractivity contribution in [1.82, 2.24) is 14.1 Å². The maximum Gasteiger partial charge on any atom is 0.251 e. The predicted molar refractivity (Wildman–Crippen MR) is 146 cm³/mol. The number of nitrogens with zero attached hydrogens (tertiary/aromatic N) is 3. The lowest BCUT2D eigenvalue weighted by Crippen LogP contribution is -2.30. The molecule has 1 fully saturated rings. The third-order valence-corrected chi connectivity index (χ3v) is 8.49. The van der Waals surface area contributed by atoms with Gasteiger partial charge in [-0.2, -0.15) is 0 Å². The third-order valence-electron chi connectivity index (χ3n) is 6.92. The van der Waals surface area contributed by atoms with Crippen LogP contribution in [0.1, 0.15) is 29.0 Å². The van der Waals surface area contributed by atoms with Crippen molar-refractivity contribution in [1.29, 1.82) is 0 Å². The Morgan fingerprint density at radius 2 is 1.94 bits per heavy atom. The number of benzene rings is 2. The number of thiophene rings is 1. The van der Waals surface area contributed by atoms with Crippen LogP contribution in [0.25, 0.3) is 22.0 Å². The van der Waals surface area contributed by atoms with Crippen LogP contribution in [0.15, 0.2) is 78.0 Å². The van der Waals surface area contributed by atoms with Crippen LogP contribution >= 0.6 is 34.5 Å². The van der Waals surface area contributed by atoms with E-state index in [4.69, 9.17) is 23.2 Å². The van der Waals surface area contributed by atoms with Gasteiger partial charge >= 0.3 is 0 Å². The minimum absolute atomic E-state index is 0.0379. The van der Waals surface area contributed by atoms with Gasteiger partial charge in [0.05, 0.1) is 28.1 Å². The van der Waals surface area contributed by atoms with E-state index in [-0.39, 0.29) is 5.56 Å². The largest absolute Gasteiger partial charge is 0.374 e. The Labute approximate surface area is 222 Å². The first-order valence-electron chi connectivity index (χ1n) is 11.7. The highest BCUT2D eigenvalue weighted by atomic mass is 35.5. The summed E-state index contributed by atoms with van der Waals surface area (Å²) in [6.45, 7) is 0.692. The van der Waals surface area contributed by atoms with Gasteiger partial charge in [0, 0.05) is 34.9 Å². The molecule has 3 aromatic heterocycles. The monoisotopic (exact) mass is 535 g/mol. The molecule has 0 saturated heterocycles. The van der Waals surface area contributed by atoms with Gasteiger partial charge in [0.15, 0.2) is 5.60 Å². The van der Waals surface area contributed by atoms with E-state index in [9.17, 15) is 9.90 Å². The number of aromatic nitrogens is 3. The lowest BCUT2D eigenvalue weighted by Gasteiger charge is -2.29. The zero-order valence-electron chi connectivity index (χ0n) is 19.5. The van der Waals surface area contributed by atoms with Crippen LogP contribution in [0.3, 0.4) is 0 Å². The number of rotatable bonds is 6. The Morgan fingerprint density at radius 3 is 2.61 bits per heavy atom. The lowest BCUT2D eigenvalue weighted by atomic mass is 9.87. The molecule has 3 heterocycles. The Balaban J connectivity index is 1.65. The summed E-state index contributed by atoms with van der Waals surface area (Å²) in [6, 6.07) is 18.6. The number of fused-ring (bicyclic) bond motifs is 1. The first-order chi connectivity index (χ1) is 17.3. The molecular formula is C28H23Cl2N3O2S. The Bertz CT molecular complexity index is 1670. The van der Waals surface area contributed by atoms with Crippen LogP contribution in [-0.2, 0) is 19.2 Å². The number of hydrogen-bond donors (Lipinski definition) is 1. The van der Waals surface area contributed by atoms with E-state index in [1.54, 1.807) is 24.7 Å². The molecule has 5 aromatic rings. The average Bonchev–Trinajstić information content (AvgIpc) is 3.41. The number of hydrogen-bond acceptors (Lipinski definition) is 4. The summed E-state index contributed by atoms with van der Waals surface area (Å²) < 4.78 is 4.25. The van der Waals surface area contributed by atoms with E-state index in [0.717, 1.165) is 34.9 Å². The normalized spacial score (nSPS) is 15.3. The topological polar surface area (TPSA) is 60.0 Å². The van der Waals surface area contributed by atoms with Crippen molar-refractivity contribution in [3.63, 3.8) is 0 Å². The molecule has 2 aromatic carbocycles. The standard InChI is InChI=1S/C28H23Cl2N3O2S/c1-32-16-31-14-24(32)28(35,25-9-10-26(30)36-25)19-7-8-23-22(12-19)21(18-3-2-4-20(29)11-18)13-27(34)33(23)15-17-5-6-17/h2-4,7-14,16-17,35H,5-6,15H2,1H3. The molecule has 1 N–H and O–H groups in total. The SMILES string of the molecule is Cn1cncc1C(O)(c1ccc2c(c1)c(-c1cccc(Cl)c1)cc(=O)n2CC1CC1)c1ccc(Cl)s1. The maximum atomic E-state index is 13.3. The summed E-state index contributed by atoms with van der Waals surface area (Å²) in [5.41, 5.74) is 2.23. The zero-order chi connectivity index (χ0) is 25.0. The van der Waals surface area contributed by atoms with Crippen LogP contribution in [0.2, 0.25) is 9.36 Å². The molecule has 1 saturated carbocycles. The van der Waals surface area contributed by atoms with E-state index in [0.29, 0.717) is 38.0 Å². The number of aliphatic hydroxyl groups is 1. The summed E-state index contributed by atoms with van der Waals surface area (Å²) in [5.74, 6) is 0.530. The van der Waals surface area contributed by atoms with E-state index < -0.39 is 5.60 Å². The molecule has 1 aliphatic carbocycles. The molecule has 0 amide bonds. The summed E-state index contributed by atoms with van der Waals surface area (Å²) in [7, 11) is 1.86. The highest BCUT2D eigenvalue weighted by Crippen LogP contribution is 2.43. The summed E-state index contributed by atoms with van der Waals surface area (Å²) in [6.07, 6.45) is 5.62. The van der Waals surface area contributed by atoms with Gasteiger partial charge in [-0.1, -0.05) is 41.4 Å². The number of halogens is 2. The molecule has 36 heavy (non-hydrogen) atoms. The molecule has 0 aliphatic heterocycles. The van der Waals surface area contributed by atoms with Gasteiger partial charge in [-0.3, -0.25) is 4.79 Å². The third kappa shape index (κ3) is 3.98. The van der Waals surface area contributed by atoms with Crippen LogP contribution in [0.4, 0.5) is 0 Å². The van der Waals surface area contributed by atoms with Gasteiger partial charge in [0.1, 0.15) is 0 Å². The molecule has 1 atom stereocenters.